The Balaban J connectivity index is 1.21. The van der Waals surface area contributed by atoms with E-state index in [0.29, 0.717) is 18.9 Å². The summed E-state index contributed by atoms with van der Waals surface area (Å²) < 4.78 is 23.2. The van der Waals surface area contributed by atoms with E-state index >= 15 is 0 Å². The van der Waals surface area contributed by atoms with Gasteiger partial charge in [-0.3, -0.25) is 25.3 Å². The van der Waals surface area contributed by atoms with Crippen LogP contribution in [-0.4, -0.2) is 99.3 Å². The Morgan fingerprint density at radius 2 is 1.24 bits per heavy atom. The highest BCUT2D eigenvalue weighted by atomic mass is 16.6. The van der Waals surface area contributed by atoms with Gasteiger partial charge in [-0.15, -0.1) is 0 Å². The number of nitro groups is 1. The molecule has 0 aromatic heterocycles. The van der Waals surface area contributed by atoms with Crippen molar-refractivity contribution in [3.63, 3.8) is 0 Å². The van der Waals surface area contributed by atoms with Crippen LogP contribution >= 0.6 is 0 Å². The normalized spacial score (nSPS) is 16.9. The predicted molar refractivity (Wildman–Crippen MR) is 160 cm³/mol. The first-order valence-corrected chi connectivity index (χ1v) is 14.4. The van der Waals surface area contributed by atoms with Gasteiger partial charge in [-0.25, -0.2) is 0 Å². The second-order valence-electron chi connectivity index (χ2n) is 10.4. The molecule has 0 amide bonds. The zero-order valence-electron chi connectivity index (χ0n) is 23.5. The fraction of sp³-hybridized carbons (Fsp3) is 0.387. The van der Waals surface area contributed by atoms with Crippen molar-refractivity contribution < 1.29 is 23.9 Å². The van der Waals surface area contributed by atoms with Crippen molar-refractivity contribution in [3.05, 3.63) is 81.9 Å². The molecule has 0 radical (unpaired) electrons. The van der Waals surface area contributed by atoms with E-state index in [9.17, 15) is 10.1 Å². The number of fused-ring (bicyclic) bond motifs is 3. The first-order chi connectivity index (χ1) is 20.6. The number of rotatable bonds is 11. The lowest BCUT2D eigenvalue weighted by Gasteiger charge is -2.26. The van der Waals surface area contributed by atoms with Gasteiger partial charge in [-0.2, -0.15) is 5.10 Å². The zero-order valence-corrected chi connectivity index (χ0v) is 23.5. The van der Waals surface area contributed by atoms with Crippen molar-refractivity contribution in [2.45, 2.75) is 0 Å². The van der Waals surface area contributed by atoms with Crippen LogP contribution in [0, 0.1) is 10.1 Å². The van der Waals surface area contributed by atoms with Gasteiger partial charge in [-0.1, -0.05) is 0 Å². The standard InChI is InChI=1S/C31H35N5O6/c37-36(38)24-3-1-23(2-4-24)32-33-31-29-21-25(41-19-13-34-9-15-39-16-10-34)5-7-27(29)28-8-6-26(22-30(28)31)42-20-14-35-11-17-40-18-12-35/h1-8,21-22,32H,9-20H2. The SMILES string of the molecule is O=[N+]([O-])c1ccc(NN=C2c3cc(OCCN4CCOCC4)ccc3-c3ccc(OCCN4CCOCC4)cc32)cc1. The molecular weight excluding hydrogens is 538 g/mol. The van der Waals surface area contributed by atoms with Gasteiger partial charge in [0.15, 0.2) is 0 Å². The molecule has 11 nitrogen and oxygen atoms in total. The lowest BCUT2D eigenvalue weighted by molar-refractivity contribution is -0.384. The summed E-state index contributed by atoms with van der Waals surface area (Å²) in [7, 11) is 0. The van der Waals surface area contributed by atoms with Crippen LogP contribution in [0.2, 0.25) is 0 Å². The number of ether oxygens (including phenoxy) is 4. The summed E-state index contributed by atoms with van der Waals surface area (Å²) in [5.41, 5.74) is 8.57. The van der Waals surface area contributed by atoms with Crippen LogP contribution in [-0.2, 0) is 9.47 Å². The second kappa shape index (κ2) is 13.3. The van der Waals surface area contributed by atoms with E-state index in [1.807, 2.05) is 24.3 Å². The van der Waals surface area contributed by atoms with Crippen molar-refractivity contribution in [2.24, 2.45) is 5.10 Å². The number of morpholine rings is 2. The zero-order chi connectivity index (χ0) is 28.7. The minimum absolute atomic E-state index is 0.0301. The molecule has 42 heavy (non-hydrogen) atoms. The van der Waals surface area contributed by atoms with Crippen LogP contribution in [0.3, 0.4) is 0 Å². The molecule has 2 aliphatic heterocycles. The molecule has 0 spiro atoms. The summed E-state index contributed by atoms with van der Waals surface area (Å²) in [6, 6.07) is 18.4. The monoisotopic (exact) mass is 573 g/mol. The van der Waals surface area contributed by atoms with Gasteiger partial charge in [-0.05, 0) is 59.7 Å². The summed E-state index contributed by atoms with van der Waals surface area (Å²) in [4.78, 5) is 15.3. The number of nitrogens with one attached hydrogen (secondary N) is 1. The Bertz CT molecular complexity index is 1340. The van der Waals surface area contributed by atoms with Crippen molar-refractivity contribution in [3.8, 4) is 22.6 Å². The van der Waals surface area contributed by atoms with Gasteiger partial charge in [0, 0.05) is 62.5 Å². The maximum atomic E-state index is 11.1. The molecule has 0 unspecified atom stereocenters. The summed E-state index contributed by atoms with van der Waals surface area (Å²) in [5, 5.41) is 15.8. The highest BCUT2D eigenvalue weighted by Gasteiger charge is 2.27. The van der Waals surface area contributed by atoms with E-state index in [1.54, 1.807) is 12.1 Å². The van der Waals surface area contributed by atoms with Gasteiger partial charge < -0.3 is 18.9 Å². The van der Waals surface area contributed by atoms with Crippen LogP contribution < -0.4 is 14.9 Å². The van der Waals surface area contributed by atoms with E-state index in [0.717, 1.165) is 105 Å². The predicted octanol–water partition coefficient (Wildman–Crippen LogP) is 3.86. The number of benzene rings is 3. The topological polar surface area (TPSA) is 111 Å². The van der Waals surface area contributed by atoms with Gasteiger partial charge in [0.25, 0.3) is 5.69 Å². The third-order valence-corrected chi connectivity index (χ3v) is 7.72. The Hall–Kier alpha value is -4.03. The van der Waals surface area contributed by atoms with E-state index in [1.165, 1.54) is 12.1 Å². The van der Waals surface area contributed by atoms with Gasteiger partial charge in [0.2, 0.25) is 0 Å². The minimum Gasteiger partial charge on any atom is -0.492 e. The van der Waals surface area contributed by atoms with Crippen molar-refractivity contribution in [1.82, 2.24) is 9.80 Å². The molecule has 2 saturated heterocycles. The molecule has 3 aromatic carbocycles. The lowest BCUT2D eigenvalue weighted by atomic mass is 10.1. The summed E-state index contributed by atoms with van der Waals surface area (Å²) >= 11 is 0. The van der Waals surface area contributed by atoms with E-state index in [2.05, 4.69) is 27.4 Å². The average molecular weight is 574 g/mol. The first kappa shape index (κ1) is 28.1. The molecule has 3 aromatic rings. The van der Waals surface area contributed by atoms with Crippen LogP contribution in [0.1, 0.15) is 11.1 Å². The highest BCUT2D eigenvalue weighted by molar-refractivity contribution is 6.25. The number of hydrazone groups is 1. The van der Waals surface area contributed by atoms with Crippen LogP contribution in [0.5, 0.6) is 11.5 Å². The van der Waals surface area contributed by atoms with E-state index in [-0.39, 0.29) is 5.69 Å². The molecule has 220 valence electrons. The molecule has 0 saturated carbocycles. The third kappa shape index (κ3) is 6.71. The van der Waals surface area contributed by atoms with Gasteiger partial charge >= 0.3 is 0 Å². The number of nitro benzene ring substituents is 1. The van der Waals surface area contributed by atoms with Crippen molar-refractivity contribution in [1.29, 1.82) is 0 Å². The molecule has 11 heteroatoms. The Morgan fingerprint density at radius 1 is 0.738 bits per heavy atom. The molecule has 2 heterocycles. The molecule has 0 bridgehead atoms. The quantitative estimate of drug-likeness (QED) is 0.211. The van der Waals surface area contributed by atoms with Gasteiger partial charge in [0.05, 0.1) is 42.7 Å². The molecule has 0 atom stereocenters. The fourth-order valence-electron chi connectivity index (χ4n) is 5.37. The second-order valence-corrected chi connectivity index (χ2v) is 10.4. The van der Waals surface area contributed by atoms with E-state index < -0.39 is 4.92 Å². The summed E-state index contributed by atoms with van der Waals surface area (Å²) in [5.74, 6) is 1.56. The number of hydrogen-bond donors (Lipinski definition) is 1. The van der Waals surface area contributed by atoms with Crippen molar-refractivity contribution in [2.75, 3.05) is 84.3 Å². The summed E-state index contributed by atoms with van der Waals surface area (Å²) in [6.07, 6.45) is 0. The summed E-state index contributed by atoms with van der Waals surface area (Å²) in [6.45, 7) is 9.58. The Labute approximate surface area is 244 Å². The number of non-ortho nitro benzene ring substituents is 1. The Morgan fingerprint density at radius 3 is 1.71 bits per heavy atom. The first-order valence-electron chi connectivity index (χ1n) is 14.4. The lowest BCUT2D eigenvalue weighted by Crippen LogP contribution is -2.38. The molecule has 6 rings (SSSR count). The number of hydrogen-bond acceptors (Lipinski definition) is 10. The van der Waals surface area contributed by atoms with E-state index in [4.69, 9.17) is 24.0 Å². The number of nitrogens with zero attached hydrogens (tertiary/aromatic N) is 4. The smallest absolute Gasteiger partial charge is 0.269 e. The molecule has 1 N–H and O–H groups in total. The van der Waals surface area contributed by atoms with Crippen molar-refractivity contribution >= 4 is 17.1 Å². The molecular formula is C31H35N5O6. The molecule has 2 fully saturated rings. The van der Waals surface area contributed by atoms with Gasteiger partial charge in [0.1, 0.15) is 24.7 Å². The maximum absolute atomic E-state index is 11.1. The van der Waals surface area contributed by atoms with Crippen LogP contribution in [0.4, 0.5) is 11.4 Å². The number of anilines is 1. The largest absolute Gasteiger partial charge is 0.492 e. The average Bonchev–Trinajstić information content (AvgIpc) is 3.33. The minimum atomic E-state index is -0.416. The third-order valence-electron chi connectivity index (χ3n) is 7.72. The maximum Gasteiger partial charge on any atom is 0.269 e. The molecule has 1 aliphatic carbocycles. The highest BCUT2D eigenvalue weighted by Crippen LogP contribution is 2.40. The Kier molecular flexibility index (Phi) is 8.90. The fourth-order valence-corrected chi connectivity index (χ4v) is 5.37. The van der Waals surface area contributed by atoms with Crippen LogP contribution in [0.25, 0.3) is 11.1 Å². The molecule has 3 aliphatic rings. The van der Waals surface area contributed by atoms with Crippen LogP contribution in [0.15, 0.2) is 65.8 Å².